The van der Waals surface area contributed by atoms with Crippen LogP contribution in [-0.4, -0.2) is 37.9 Å². The molecule has 0 atom stereocenters. The van der Waals surface area contributed by atoms with E-state index >= 15 is 0 Å². The van der Waals surface area contributed by atoms with Crippen LogP contribution in [0.25, 0.3) is 0 Å². The van der Waals surface area contributed by atoms with Crippen LogP contribution in [0.5, 0.6) is 0 Å². The van der Waals surface area contributed by atoms with Crippen molar-refractivity contribution < 1.29 is 14.6 Å². The molecule has 1 aliphatic carbocycles. The summed E-state index contributed by atoms with van der Waals surface area (Å²) in [4.78, 5) is 13.7. The van der Waals surface area contributed by atoms with Crippen LogP contribution < -0.4 is 10.6 Å². The fourth-order valence-corrected chi connectivity index (χ4v) is 2.59. The molecule has 104 valence electrons. The number of aliphatic hydroxyl groups is 1. The molecule has 1 fully saturated rings. The Hall–Kier alpha value is -1.75. The Bertz CT molecular complexity index is 470. The molecule has 0 saturated heterocycles. The zero-order valence-electron chi connectivity index (χ0n) is 11.3. The molecule has 0 amide bonds. The molecule has 1 saturated carbocycles. The van der Waals surface area contributed by atoms with Crippen molar-refractivity contribution in [3.05, 3.63) is 23.8 Å². The molecule has 19 heavy (non-hydrogen) atoms. The number of hydrogen-bond donors (Lipinski definition) is 2. The van der Waals surface area contributed by atoms with Gasteiger partial charge in [-0.25, -0.2) is 4.79 Å². The lowest BCUT2D eigenvalue weighted by Crippen LogP contribution is -2.37. The molecule has 0 aromatic heterocycles. The number of esters is 1. The average Bonchev–Trinajstić information content (AvgIpc) is 2.35. The molecule has 0 radical (unpaired) electrons. The summed E-state index contributed by atoms with van der Waals surface area (Å²) < 4.78 is 4.78. The summed E-state index contributed by atoms with van der Waals surface area (Å²) in [5, 5.41) is 9.32. The Kier molecular flexibility index (Phi) is 3.95. The van der Waals surface area contributed by atoms with Crippen molar-refractivity contribution in [3.8, 4) is 0 Å². The molecule has 2 rings (SSSR count). The van der Waals surface area contributed by atoms with E-state index in [4.69, 9.17) is 10.5 Å². The quantitative estimate of drug-likeness (QED) is 0.632. The first-order valence-electron chi connectivity index (χ1n) is 6.39. The van der Waals surface area contributed by atoms with Gasteiger partial charge < -0.3 is 20.5 Å². The Labute approximate surface area is 113 Å². The number of para-hydroxylation sites is 1. The molecule has 1 aromatic rings. The highest BCUT2D eigenvalue weighted by Gasteiger charge is 2.29. The van der Waals surface area contributed by atoms with Gasteiger partial charge in [0.15, 0.2) is 0 Å². The van der Waals surface area contributed by atoms with Crippen LogP contribution >= 0.6 is 0 Å². The third-order valence-corrected chi connectivity index (χ3v) is 3.60. The van der Waals surface area contributed by atoms with Crippen LogP contribution in [-0.2, 0) is 4.74 Å². The van der Waals surface area contributed by atoms with Crippen molar-refractivity contribution in [2.24, 2.45) is 5.92 Å². The van der Waals surface area contributed by atoms with E-state index in [-0.39, 0.29) is 12.1 Å². The molecule has 0 heterocycles. The predicted molar refractivity (Wildman–Crippen MR) is 74.2 cm³/mol. The van der Waals surface area contributed by atoms with E-state index in [0.717, 1.165) is 19.4 Å². The Morgan fingerprint density at radius 3 is 2.79 bits per heavy atom. The van der Waals surface area contributed by atoms with Gasteiger partial charge in [0.2, 0.25) is 0 Å². The van der Waals surface area contributed by atoms with Gasteiger partial charge in [-0.1, -0.05) is 6.07 Å². The molecule has 0 spiro atoms. The molecule has 0 bridgehead atoms. The van der Waals surface area contributed by atoms with E-state index < -0.39 is 0 Å². The fraction of sp³-hybridized carbons (Fsp3) is 0.500. The number of benzene rings is 1. The summed E-state index contributed by atoms with van der Waals surface area (Å²) in [7, 11) is 3.26. The highest BCUT2D eigenvalue weighted by Crippen LogP contribution is 2.32. The van der Waals surface area contributed by atoms with Crippen molar-refractivity contribution >= 4 is 17.3 Å². The van der Waals surface area contributed by atoms with E-state index in [1.807, 2.05) is 11.9 Å². The molecule has 5 nitrogen and oxygen atoms in total. The molecule has 5 heteroatoms. The number of methoxy groups -OCH3 is 1. The van der Waals surface area contributed by atoms with Crippen LogP contribution in [0.15, 0.2) is 18.2 Å². The third kappa shape index (κ3) is 2.81. The van der Waals surface area contributed by atoms with Crippen molar-refractivity contribution in [2.75, 3.05) is 31.3 Å². The second-order valence-electron chi connectivity index (χ2n) is 5.11. The second-order valence-corrected chi connectivity index (χ2v) is 5.11. The van der Waals surface area contributed by atoms with Gasteiger partial charge in [-0.05, 0) is 30.9 Å². The molecule has 3 N–H and O–H groups in total. The van der Waals surface area contributed by atoms with Gasteiger partial charge in [0.1, 0.15) is 0 Å². The molecular formula is C14H20N2O3. The lowest BCUT2D eigenvalue weighted by molar-refractivity contribution is 0.0463. The van der Waals surface area contributed by atoms with Crippen LogP contribution in [0.2, 0.25) is 0 Å². The van der Waals surface area contributed by atoms with Gasteiger partial charge in [0.05, 0.1) is 30.2 Å². The number of nitrogen functional groups attached to an aromatic ring is 1. The van der Waals surface area contributed by atoms with Crippen molar-refractivity contribution in [1.82, 2.24) is 0 Å². The summed E-state index contributed by atoms with van der Waals surface area (Å²) >= 11 is 0. The van der Waals surface area contributed by atoms with E-state index in [0.29, 0.717) is 22.9 Å². The van der Waals surface area contributed by atoms with Gasteiger partial charge in [-0.15, -0.1) is 0 Å². The van der Waals surface area contributed by atoms with Crippen LogP contribution in [0, 0.1) is 5.92 Å². The van der Waals surface area contributed by atoms with Crippen molar-refractivity contribution in [2.45, 2.75) is 18.9 Å². The topological polar surface area (TPSA) is 75.8 Å². The van der Waals surface area contributed by atoms with Crippen LogP contribution in [0.3, 0.4) is 0 Å². The zero-order chi connectivity index (χ0) is 14.0. The second kappa shape index (κ2) is 5.48. The summed E-state index contributed by atoms with van der Waals surface area (Å²) in [6.45, 7) is 0.773. The monoisotopic (exact) mass is 264 g/mol. The maximum absolute atomic E-state index is 11.8. The molecule has 0 aliphatic heterocycles. The highest BCUT2D eigenvalue weighted by atomic mass is 16.5. The molecular weight excluding hydrogens is 244 g/mol. The summed E-state index contributed by atoms with van der Waals surface area (Å²) in [5.74, 6) is 0.0629. The Balaban J connectivity index is 2.19. The van der Waals surface area contributed by atoms with Gasteiger partial charge >= 0.3 is 5.97 Å². The van der Waals surface area contributed by atoms with E-state index in [1.165, 1.54) is 7.11 Å². The maximum atomic E-state index is 11.8. The fourth-order valence-electron chi connectivity index (χ4n) is 2.59. The predicted octanol–water partition coefficient (Wildman–Crippen LogP) is 1.26. The van der Waals surface area contributed by atoms with Gasteiger partial charge in [-0.3, -0.25) is 0 Å². The number of carbonyl (C=O) groups excluding carboxylic acids is 1. The van der Waals surface area contributed by atoms with E-state index in [1.54, 1.807) is 18.2 Å². The standard InChI is InChI=1S/C14H20N2O3/c1-16(8-9-6-10(17)7-9)13-11(14(18)19-2)4-3-5-12(13)15/h3-5,9-10,17H,6-8,15H2,1-2H3. The number of nitrogens with zero attached hydrogens (tertiary/aromatic N) is 1. The summed E-state index contributed by atoms with van der Waals surface area (Å²) in [6, 6.07) is 5.23. The number of anilines is 2. The van der Waals surface area contributed by atoms with E-state index in [2.05, 4.69) is 0 Å². The first-order chi connectivity index (χ1) is 9.02. The van der Waals surface area contributed by atoms with E-state index in [9.17, 15) is 9.90 Å². The smallest absolute Gasteiger partial charge is 0.340 e. The lowest BCUT2D eigenvalue weighted by atomic mass is 9.82. The van der Waals surface area contributed by atoms with Crippen molar-refractivity contribution in [1.29, 1.82) is 0 Å². The first-order valence-corrected chi connectivity index (χ1v) is 6.39. The van der Waals surface area contributed by atoms with Gasteiger partial charge in [0, 0.05) is 13.6 Å². The highest BCUT2D eigenvalue weighted by molar-refractivity contribution is 5.99. The Morgan fingerprint density at radius 1 is 1.53 bits per heavy atom. The average molecular weight is 264 g/mol. The maximum Gasteiger partial charge on any atom is 0.340 e. The summed E-state index contributed by atoms with van der Waals surface area (Å²) in [5.41, 5.74) is 7.72. The minimum atomic E-state index is -0.386. The lowest BCUT2D eigenvalue weighted by Gasteiger charge is -2.36. The molecule has 0 unspecified atom stereocenters. The minimum absolute atomic E-state index is 0.174. The largest absolute Gasteiger partial charge is 0.465 e. The first kappa shape index (κ1) is 13.7. The number of rotatable bonds is 4. The number of aliphatic hydroxyl groups excluding tert-OH is 1. The van der Waals surface area contributed by atoms with Gasteiger partial charge in [-0.2, -0.15) is 0 Å². The Morgan fingerprint density at radius 2 is 2.21 bits per heavy atom. The zero-order valence-corrected chi connectivity index (χ0v) is 11.3. The van der Waals surface area contributed by atoms with Crippen LogP contribution in [0.1, 0.15) is 23.2 Å². The van der Waals surface area contributed by atoms with Crippen LogP contribution in [0.4, 0.5) is 11.4 Å². The normalized spacial score (nSPS) is 21.6. The minimum Gasteiger partial charge on any atom is -0.465 e. The number of ether oxygens (including phenoxy) is 1. The SMILES string of the molecule is COC(=O)c1cccc(N)c1N(C)CC1CC(O)C1. The third-order valence-electron chi connectivity index (χ3n) is 3.60. The molecule has 1 aromatic carbocycles. The number of carbonyl (C=O) groups is 1. The molecule has 1 aliphatic rings. The van der Waals surface area contributed by atoms with Crippen molar-refractivity contribution in [3.63, 3.8) is 0 Å². The number of nitrogens with two attached hydrogens (primary N) is 1. The van der Waals surface area contributed by atoms with Gasteiger partial charge in [0.25, 0.3) is 0 Å². The summed E-state index contributed by atoms with van der Waals surface area (Å²) in [6.07, 6.45) is 1.45. The number of hydrogen-bond acceptors (Lipinski definition) is 5.